The van der Waals surface area contributed by atoms with Crippen LogP contribution in [0, 0.1) is 24.7 Å². The SMILES string of the molecule is Cc1ccc(C(=O)NCC(=O)NCC(C(C)C)C(C)C)s1. The van der Waals surface area contributed by atoms with E-state index in [1.165, 1.54) is 11.3 Å². The maximum Gasteiger partial charge on any atom is 0.261 e. The molecule has 2 N–H and O–H groups in total. The van der Waals surface area contributed by atoms with Crippen LogP contribution < -0.4 is 10.6 Å². The van der Waals surface area contributed by atoms with Gasteiger partial charge in [0.2, 0.25) is 5.91 Å². The summed E-state index contributed by atoms with van der Waals surface area (Å²) >= 11 is 1.43. The van der Waals surface area contributed by atoms with Gasteiger partial charge in [0.25, 0.3) is 5.91 Å². The van der Waals surface area contributed by atoms with Crippen LogP contribution in [0.25, 0.3) is 0 Å². The molecule has 4 nitrogen and oxygen atoms in total. The number of carbonyl (C=O) groups excluding carboxylic acids is 2. The summed E-state index contributed by atoms with van der Waals surface area (Å²) in [6, 6.07) is 3.68. The number of aryl methyl sites for hydroxylation is 1. The van der Waals surface area contributed by atoms with Crippen LogP contribution in [0.3, 0.4) is 0 Å². The highest BCUT2D eigenvalue weighted by atomic mass is 32.1. The minimum atomic E-state index is -0.187. The van der Waals surface area contributed by atoms with Gasteiger partial charge in [-0.2, -0.15) is 0 Å². The first-order valence-electron chi connectivity index (χ1n) is 7.42. The van der Waals surface area contributed by atoms with Crippen molar-refractivity contribution in [1.82, 2.24) is 10.6 Å². The van der Waals surface area contributed by atoms with Crippen LogP contribution in [0.2, 0.25) is 0 Å². The summed E-state index contributed by atoms with van der Waals surface area (Å²) in [5.74, 6) is 1.17. The van der Waals surface area contributed by atoms with Gasteiger partial charge in [-0.05, 0) is 36.8 Å². The summed E-state index contributed by atoms with van der Waals surface area (Å²) in [4.78, 5) is 25.4. The fraction of sp³-hybridized carbons (Fsp3) is 0.625. The molecule has 0 saturated carbocycles. The highest BCUT2D eigenvalue weighted by molar-refractivity contribution is 7.13. The van der Waals surface area contributed by atoms with Crippen molar-refractivity contribution in [2.24, 2.45) is 17.8 Å². The predicted molar refractivity (Wildman–Crippen MR) is 87.6 cm³/mol. The second kappa shape index (κ2) is 8.17. The van der Waals surface area contributed by atoms with Crippen molar-refractivity contribution in [3.05, 3.63) is 21.9 Å². The van der Waals surface area contributed by atoms with Gasteiger partial charge >= 0.3 is 0 Å². The largest absolute Gasteiger partial charge is 0.354 e. The van der Waals surface area contributed by atoms with E-state index in [1.807, 2.05) is 13.0 Å². The van der Waals surface area contributed by atoms with Gasteiger partial charge in [-0.1, -0.05) is 27.7 Å². The Morgan fingerprint density at radius 3 is 2.19 bits per heavy atom. The van der Waals surface area contributed by atoms with E-state index in [-0.39, 0.29) is 18.4 Å². The zero-order chi connectivity index (χ0) is 16.0. The quantitative estimate of drug-likeness (QED) is 0.813. The van der Waals surface area contributed by atoms with Gasteiger partial charge in [0.1, 0.15) is 0 Å². The fourth-order valence-corrected chi connectivity index (χ4v) is 3.12. The van der Waals surface area contributed by atoms with Crippen molar-refractivity contribution in [3.8, 4) is 0 Å². The zero-order valence-corrected chi connectivity index (χ0v) is 14.3. The van der Waals surface area contributed by atoms with Crippen LogP contribution in [0.15, 0.2) is 12.1 Å². The average molecular weight is 310 g/mol. The molecule has 1 heterocycles. The topological polar surface area (TPSA) is 58.2 Å². The molecule has 0 bridgehead atoms. The molecule has 1 aromatic rings. The Labute approximate surface area is 131 Å². The summed E-state index contributed by atoms with van der Waals surface area (Å²) in [6.45, 7) is 11.3. The van der Waals surface area contributed by atoms with Crippen LogP contribution in [0.5, 0.6) is 0 Å². The van der Waals surface area contributed by atoms with E-state index in [0.29, 0.717) is 29.2 Å². The molecule has 1 rings (SSSR count). The molecule has 0 aliphatic heterocycles. The molecule has 0 fully saturated rings. The highest BCUT2D eigenvalue weighted by Gasteiger charge is 2.18. The Kier molecular flexibility index (Phi) is 6.89. The van der Waals surface area contributed by atoms with Crippen molar-refractivity contribution >= 4 is 23.2 Å². The van der Waals surface area contributed by atoms with E-state index in [1.54, 1.807) is 6.07 Å². The van der Waals surface area contributed by atoms with Crippen molar-refractivity contribution in [2.75, 3.05) is 13.1 Å². The molecular weight excluding hydrogens is 284 g/mol. The molecule has 0 aromatic carbocycles. The summed E-state index contributed by atoms with van der Waals surface area (Å²) in [7, 11) is 0. The molecule has 0 aliphatic carbocycles. The van der Waals surface area contributed by atoms with E-state index in [0.717, 1.165) is 4.88 Å². The van der Waals surface area contributed by atoms with E-state index in [4.69, 9.17) is 0 Å². The first-order valence-corrected chi connectivity index (χ1v) is 8.24. The van der Waals surface area contributed by atoms with Crippen LogP contribution in [0.1, 0.15) is 42.2 Å². The lowest BCUT2D eigenvalue weighted by Crippen LogP contribution is -2.40. The summed E-state index contributed by atoms with van der Waals surface area (Å²) in [6.07, 6.45) is 0. The van der Waals surface area contributed by atoms with E-state index in [2.05, 4.69) is 38.3 Å². The van der Waals surface area contributed by atoms with E-state index >= 15 is 0 Å². The molecule has 1 aromatic heterocycles. The molecule has 5 heteroatoms. The maximum absolute atomic E-state index is 11.8. The third kappa shape index (κ3) is 5.87. The molecule has 118 valence electrons. The molecule has 0 saturated heterocycles. The van der Waals surface area contributed by atoms with Gasteiger partial charge in [0.15, 0.2) is 0 Å². The molecule has 0 unspecified atom stereocenters. The van der Waals surface area contributed by atoms with Gasteiger partial charge < -0.3 is 10.6 Å². The molecule has 2 amide bonds. The Bertz CT molecular complexity index is 472. The van der Waals surface area contributed by atoms with Gasteiger partial charge in [0.05, 0.1) is 11.4 Å². The Balaban J connectivity index is 2.35. The lowest BCUT2D eigenvalue weighted by Gasteiger charge is -2.25. The lowest BCUT2D eigenvalue weighted by atomic mass is 9.85. The summed E-state index contributed by atoms with van der Waals surface area (Å²) < 4.78 is 0. The fourth-order valence-electron chi connectivity index (χ4n) is 2.34. The molecule has 0 atom stereocenters. The minimum Gasteiger partial charge on any atom is -0.354 e. The number of amides is 2. The van der Waals surface area contributed by atoms with Crippen LogP contribution >= 0.6 is 11.3 Å². The highest BCUT2D eigenvalue weighted by Crippen LogP contribution is 2.19. The molecule has 0 aliphatic rings. The second-order valence-corrected chi connectivity index (χ2v) is 7.34. The molecule has 0 spiro atoms. The zero-order valence-electron chi connectivity index (χ0n) is 13.5. The number of thiophene rings is 1. The van der Waals surface area contributed by atoms with Crippen molar-refractivity contribution in [1.29, 1.82) is 0 Å². The Morgan fingerprint density at radius 2 is 1.71 bits per heavy atom. The van der Waals surface area contributed by atoms with Gasteiger partial charge in [-0.3, -0.25) is 9.59 Å². The minimum absolute atomic E-state index is 0.0265. The first-order chi connectivity index (χ1) is 9.81. The Hall–Kier alpha value is -1.36. The van der Waals surface area contributed by atoms with E-state index in [9.17, 15) is 9.59 Å². The Morgan fingerprint density at radius 1 is 1.10 bits per heavy atom. The third-order valence-corrected chi connectivity index (χ3v) is 4.62. The second-order valence-electron chi connectivity index (χ2n) is 6.05. The van der Waals surface area contributed by atoms with E-state index < -0.39 is 0 Å². The van der Waals surface area contributed by atoms with Crippen molar-refractivity contribution in [2.45, 2.75) is 34.6 Å². The maximum atomic E-state index is 11.8. The van der Waals surface area contributed by atoms with Crippen LogP contribution in [-0.2, 0) is 4.79 Å². The van der Waals surface area contributed by atoms with Crippen molar-refractivity contribution in [3.63, 3.8) is 0 Å². The average Bonchev–Trinajstić information content (AvgIpc) is 2.82. The summed E-state index contributed by atoms with van der Waals surface area (Å²) in [5, 5.41) is 5.56. The molecule has 0 radical (unpaired) electrons. The predicted octanol–water partition coefficient (Wildman–Crippen LogP) is 2.83. The van der Waals surface area contributed by atoms with Gasteiger partial charge in [-0.15, -0.1) is 11.3 Å². The smallest absolute Gasteiger partial charge is 0.261 e. The number of rotatable bonds is 7. The normalized spacial score (nSPS) is 11.2. The van der Waals surface area contributed by atoms with Gasteiger partial charge in [0, 0.05) is 11.4 Å². The standard InChI is InChI=1S/C16H26N2O2S/c1-10(2)13(11(3)4)8-17-15(19)9-18-16(20)14-7-6-12(5)21-14/h6-7,10-11,13H,8-9H2,1-5H3,(H,17,19)(H,18,20). The number of hydrogen-bond acceptors (Lipinski definition) is 3. The monoisotopic (exact) mass is 310 g/mol. The number of carbonyl (C=O) groups is 2. The summed E-state index contributed by atoms with van der Waals surface area (Å²) in [5.41, 5.74) is 0. The third-order valence-electron chi connectivity index (χ3n) is 3.62. The molecule has 21 heavy (non-hydrogen) atoms. The van der Waals surface area contributed by atoms with Crippen molar-refractivity contribution < 1.29 is 9.59 Å². The van der Waals surface area contributed by atoms with Crippen LogP contribution in [0.4, 0.5) is 0 Å². The van der Waals surface area contributed by atoms with Gasteiger partial charge in [-0.25, -0.2) is 0 Å². The molecular formula is C16H26N2O2S. The number of hydrogen-bond donors (Lipinski definition) is 2. The lowest BCUT2D eigenvalue weighted by molar-refractivity contribution is -0.120. The van der Waals surface area contributed by atoms with Crippen LogP contribution in [-0.4, -0.2) is 24.9 Å². The first kappa shape index (κ1) is 17.7. The number of nitrogens with one attached hydrogen (secondary N) is 2.